The molecule has 0 bridgehead atoms. The van der Waals surface area contributed by atoms with Crippen molar-refractivity contribution in [2.75, 3.05) is 20.2 Å². The Labute approximate surface area is 147 Å². The standard InChI is InChI=1S/C15H16F3NO6S/c1-25-14(22)11-5-4-10(7-12(11)15(16,17)18)26(23,24)19-6-2-3-9(8-19)13(20)21/h4-5,7,9H,2-3,6,8H2,1H3,(H,20,21). The number of sulfonamides is 1. The topological polar surface area (TPSA) is 101 Å². The van der Waals surface area contributed by atoms with Gasteiger partial charge in [0.15, 0.2) is 0 Å². The number of aliphatic carboxylic acids is 1. The van der Waals surface area contributed by atoms with Crippen LogP contribution in [0.5, 0.6) is 0 Å². The van der Waals surface area contributed by atoms with E-state index >= 15 is 0 Å². The predicted molar refractivity (Wildman–Crippen MR) is 81.9 cm³/mol. The van der Waals surface area contributed by atoms with Crippen molar-refractivity contribution in [2.45, 2.75) is 23.9 Å². The Morgan fingerprint density at radius 2 is 1.96 bits per heavy atom. The Bertz CT molecular complexity index is 821. The summed E-state index contributed by atoms with van der Waals surface area (Å²) in [7, 11) is -3.43. The molecule has 0 spiro atoms. The van der Waals surface area contributed by atoms with Crippen LogP contribution in [0.25, 0.3) is 0 Å². The number of carboxylic acids is 1. The molecule has 1 unspecified atom stereocenters. The van der Waals surface area contributed by atoms with E-state index < -0.39 is 50.1 Å². The maximum Gasteiger partial charge on any atom is 0.417 e. The third-order valence-electron chi connectivity index (χ3n) is 4.07. The zero-order valence-electron chi connectivity index (χ0n) is 13.6. The summed E-state index contributed by atoms with van der Waals surface area (Å²) in [6, 6.07) is 1.98. The summed E-state index contributed by atoms with van der Waals surface area (Å²) in [5.74, 6) is -3.33. The van der Waals surface area contributed by atoms with Crippen LogP contribution in [0.15, 0.2) is 23.1 Å². The first kappa shape index (κ1) is 20.2. The Morgan fingerprint density at radius 1 is 1.31 bits per heavy atom. The lowest BCUT2D eigenvalue weighted by Crippen LogP contribution is -2.42. The fourth-order valence-corrected chi connectivity index (χ4v) is 4.27. The smallest absolute Gasteiger partial charge is 0.417 e. The van der Waals surface area contributed by atoms with Gasteiger partial charge in [0.25, 0.3) is 0 Å². The van der Waals surface area contributed by atoms with Crippen molar-refractivity contribution in [1.82, 2.24) is 4.31 Å². The number of carboxylic acid groups (broad SMARTS) is 1. The van der Waals surface area contributed by atoms with E-state index in [9.17, 15) is 31.2 Å². The average molecular weight is 395 g/mol. The number of ether oxygens (including phenoxy) is 1. The predicted octanol–water partition coefficient (Wildman–Crippen LogP) is 1.98. The van der Waals surface area contributed by atoms with Crippen LogP contribution in [0.4, 0.5) is 13.2 Å². The van der Waals surface area contributed by atoms with Crippen molar-refractivity contribution in [3.63, 3.8) is 0 Å². The van der Waals surface area contributed by atoms with E-state index in [1.807, 2.05) is 0 Å². The largest absolute Gasteiger partial charge is 0.481 e. The highest BCUT2D eigenvalue weighted by Gasteiger charge is 2.39. The number of esters is 1. The maximum atomic E-state index is 13.2. The van der Waals surface area contributed by atoms with Gasteiger partial charge in [-0.1, -0.05) is 0 Å². The number of hydrogen-bond donors (Lipinski definition) is 1. The second kappa shape index (κ2) is 7.23. The van der Waals surface area contributed by atoms with Crippen LogP contribution in [0.1, 0.15) is 28.8 Å². The summed E-state index contributed by atoms with van der Waals surface area (Å²) in [5, 5.41) is 9.05. The number of nitrogens with zero attached hydrogens (tertiary/aromatic N) is 1. The highest BCUT2D eigenvalue weighted by atomic mass is 32.2. The van der Waals surface area contributed by atoms with E-state index in [0.29, 0.717) is 6.07 Å². The average Bonchev–Trinajstić information content (AvgIpc) is 2.59. The Balaban J connectivity index is 2.47. The molecule has 2 rings (SSSR count). The summed E-state index contributed by atoms with van der Waals surface area (Å²) in [6.07, 6.45) is -4.40. The monoisotopic (exact) mass is 395 g/mol. The van der Waals surface area contributed by atoms with Gasteiger partial charge in [-0.05, 0) is 31.0 Å². The van der Waals surface area contributed by atoms with Gasteiger partial charge in [0, 0.05) is 13.1 Å². The lowest BCUT2D eigenvalue weighted by atomic mass is 10.0. The molecule has 1 aliphatic rings. The Hall–Kier alpha value is -2.14. The molecule has 1 aliphatic heterocycles. The second-order valence-electron chi connectivity index (χ2n) is 5.74. The van der Waals surface area contributed by atoms with E-state index in [2.05, 4.69) is 4.74 Å². The molecule has 0 aliphatic carbocycles. The summed E-state index contributed by atoms with van der Waals surface area (Å²) < 4.78 is 70.1. The van der Waals surface area contributed by atoms with Gasteiger partial charge in [-0.3, -0.25) is 4.79 Å². The van der Waals surface area contributed by atoms with E-state index in [0.717, 1.165) is 23.5 Å². The quantitative estimate of drug-likeness (QED) is 0.783. The molecule has 1 N–H and O–H groups in total. The molecule has 1 heterocycles. The number of piperidine rings is 1. The number of halogens is 3. The van der Waals surface area contributed by atoms with Crippen molar-refractivity contribution in [2.24, 2.45) is 5.92 Å². The molecule has 1 aromatic carbocycles. The van der Waals surface area contributed by atoms with Gasteiger partial charge in [0.2, 0.25) is 10.0 Å². The van der Waals surface area contributed by atoms with Crippen molar-refractivity contribution in [3.8, 4) is 0 Å². The molecule has 144 valence electrons. The van der Waals surface area contributed by atoms with Crippen molar-refractivity contribution >= 4 is 22.0 Å². The molecule has 1 aromatic rings. The minimum Gasteiger partial charge on any atom is -0.481 e. The Morgan fingerprint density at radius 3 is 2.50 bits per heavy atom. The first-order valence-corrected chi connectivity index (χ1v) is 8.95. The van der Waals surface area contributed by atoms with Gasteiger partial charge >= 0.3 is 18.1 Å². The molecular weight excluding hydrogens is 379 g/mol. The molecular formula is C15H16F3NO6S. The van der Waals surface area contributed by atoms with Crippen molar-refractivity contribution in [3.05, 3.63) is 29.3 Å². The molecule has 1 saturated heterocycles. The second-order valence-corrected chi connectivity index (χ2v) is 7.68. The van der Waals surface area contributed by atoms with Gasteiger partial charge < -0.3 is 9.84 Å². The van der Waals surface area contributed by atoms with E-state index in [-0.39, 0.29) is 25.9 Å². The van der Waals surface area contributed by atoms with Crippen LogP contribution >= 0.6 is 0 Å². The minimum absolute atomic E-state index is 0.00617. The molecule has 1 fully saturated rings. The van der Waals surface area contributed by atoms with Crippen LogP contribution in [-0.2, 0) is 25.7 Å². The van der Waals surface area contributed by atoms with E-state index in [4.69, 9.17) is 5.11 Å². The van der Waals surface area contributed by atoms with Crippen LogP contribution in [0, 0.1) is 5.92 Å². The van der Waals surface area contributed by atoms with Crippen LogP contribution in [-0.4, -0.2) is 50.0 Å². The highest BCUT2D eigenvalue weighted by Crippen LogP contribution is 2.35. The molecule has 1 atom stereocenters. The summed E-state index contributed by atoms with van der Waals surface area (Å²) in [5.41, 5.74) is -2.24. The summed E-state index contributed by atoms with van der Waals surface area (Å²) >= 11 is 0. The fraction of sp³-hybridized carbons (Fsp3) is 0.467. The normalized spacial score (nSPS) is 19.2. The Kier molecular flexibility index (Phi) is 5.61. The number of benzene rings is 1. The van der Waals surface area contributed by atoms with Gasteiger partial charge in [-0.2, -0.15) is 17.5 Å². The van der Waals surface area contributed by atoms with Crippen LogP contribution in [0.2, 0.25) is 0 Å². The molecule has 0 saturated carbocycles. The number of methoxy groups -OCH3 is 1. The number of hydrogen-bond acceptors (Lipinski definition) is 5. The molecule has 0 radical (unpaired) electrons. The van der Waals surface area contributed by atoms with Crippen molar-refractivity contribution < 1.29 is 41.0 Å². The third kappa shape index (κ3) is 3.98. The molecule has 0 aromatic heterocycles. The molecule has 0 amide bonds. The summed E-state index contributed by atoms with van der Waals surface area (Å²) in [4.78, 5) is 21.9. The lowest BCUT2D eigenvalue weighted by Gasteiger charge is -2.30. The zero-order valence-corrected chi connectivity index (χ0v) is 14.4. The highest BCUT2D eigenvalue weighted by molar-refractivity contribution is 7.89. The fourth-order valence-electron chi connectivity index (χ4n) is 2.72. The van der Waals surface area contributed by atoms with Gasteiger partial charge in [-0.25, -0.2) is 13.2 Å². The van der Waals surface area contributed by atoms with Gasteiger partial charge in [0.05, 0.1) is 29.1 Å². The van der Waals surface area contributed by atoms with E-state index in [1.165, 1.54) is 0 Å². The number of alkyl halides is 3. The summed E-state index contributed by atoms with van der Waals surface area (Å²) in [6.45, 7) is -0.315. The first-order valence-electron chi connectivity index (χ1n) is 7.51. The lowest BCUT2D eigenvalue weighted by molar-refractivity contribution is -0.143. The number of rotatable bonds is 4. The molecule has 26 heavy (non-hydrogen) atoms. The number of carbonyl (C=O) groups excluding carboxylic acids is 1. The van der Waals surface area contributed by atoms with Gasteiger partial charge in [0.1, 0.15) is 0 Å². The first-order chi connectivity index (χ1) is 12.0. The SMILES string of the molecule is COC(=O)c1ccc(S(=O)(=O)N2CCCC(C(=O)O)C2)cc1C(F)(F)F. The maximum absolute atomic E-state index is 13.2. The molecule has 11 heteroatoms. The minimum atomic E-state index is -4.97. The number of carbonyl (C=O) groups is 2. The molecule has 7 nitrogen and oxygen atoms in total. The zero-order chi connectivity index (χ0) is 19.7. The van der Waals surface area contributed by atoms with Crippen LogP contribution < -0.4 is 0 Å². The van der Waals surface area contributed by atoms with Gasteiger partial charge in [-0.15, -0.1) is 0 Å². The van der Waals surface area contributed by atoms with Crippen LogP contribution in [0.3, 0.4) is 0 Å². The van der Waals surface area contributed by atoms with E-state index in [1.54, 1.807) is 0 Å². The third-order valence-corrected chi connectivity index (χ3v) is 5.93. The van der Waals surface area contributed by atoms with Crippen molar-refractivity contribution in [1.29, 1.82) is 0 Å².